The fourth-order valence-electron chi connectivity index (χ4n) is 2.74. The fraction of sp³-hybridized carbons (Fsp3) is 0.130. The van der Waals surface area contributed by atoms with Gasteiger partial charge in [0.2, 0.25) is 0 Å². The molecule has 0 heterocycles. The minimum absolute atomic E-state index is 0.0631. The van der Waals surface area contributed by atoms with Gasteiger partial charge in [-0.05, 0) is 48.0 Å². The van der Waals surface area contributed by atoms with Crippen LogP contribution in [-0.2, 0) is 22.3 Å². The van der Waals surface area contributed by atoms with Crippen LogP contribution in [0, 0.1) is 5.82 Å². The van der Waals surface area contributed by atoms with E-state index in [4.69, 9.17) is 21.1 Å². The smallest absolute Gasteiger partial charge is 0.418 e. The zero-order valence-electron chi connectivity index (χ0n) is 16.8. The molecule has 0 unspecified atom stereocenters. The van der Waals surface area contributed by atoms with Crippen molar-refractivity contribution in [1.82, 2.24) is 0 Å². The number of rotatable bonds is 7. The summed E-state index contributed by atoms with van der Waals surface area (Å²) in [7, 11) is 0. The minimum Gasteiger partial charge on any atom is -0.489 e. The molecule has 5 nitrogen and oxygen atoms in total. The lowest BCUT2D eigenvalue weighted by Crippen LogP contribution is -2.23. The number of amides is 1. The Morgan fingerprint density at radius 3 is 2.36 bits per heavy atom. The second-order valence-corrected chi connectivity index (χ2v) is 7.13. The highest BCUT2D eigenvalue weighted by Crippen LogP contribution is 2.38. The number of hydrogen-bond acceptors (Lipinski definition) is 4. The molecule has 0 aliphatic rings. The van der Waals surface area contributed by atoms with Crippen molar-refractivity contribution in [2.45, 2.75) is 12.8 Å². The maximum absolute atomic E-state index is 13.1. The molecule has 3 rings (SSSR count). The zero-order chi connectivity index (χ0) is 24.0. The summed E-state index contributed by atoms with van der Waals surface area (Å²) in [6.07, 6.45) is -4.74. The number of nitrogens with one attached hydrogen (secondary N) is 1. The molecule has 0 radical (unpaired) electrons. The van der Waals surface area contributed by atoms with Crippen LogP contribution in [0.25, 0.3) is 0 Å². The summed E-state index contributed by atoms with van der Waals surface area (Å²) >= 11 is 5.78. The summed E-state index contributed by atoms with van der Waals surface area (Å²) in [6, 6.07) is 14.6. The van der Waals surface area contributed by atoms with Crippen LogP contribution in [0.1, 0.15) is 21.5 Å². The molecular formula is C23H16ClF4NO4. The SMILES string of the molecule is O=C(COC(=O)c1cccc(OCc2ccc(F)cc2)c1)Nc1c(Cl)cccc1C(F)(F)F. The van der Waals surface area contributed by atoms with Crippen molar-refractivity contribution in [1.29, 1.82) is 0 Å². The van der Waals surface area contributed by atoms with E-state index in [-0.39, 0.29) is 23.0 Å². The molecule has 33 heavy (non-hydrogen) atoms. The van der Waals surface area contributed by atoms with Crippen molar-refractivity contribution in [2.24, 2.45) is 0 Å². The highest BCUT2D eigenvalue weighted by Gasteiger charge is 2.34. The van der Waals surface area contributed by atoms with Gasteiger partial charge in [0.1, 0.15) is 18.2 Å². The number of hydrogen-bond donors (Lipinski definition) is 1. The number of anilines is 1. The lowest BCUT2D eigenvalue weighted by Gasteiger charge is -2.15. The molecule has 172 valence electrons. The largest absolute Gasteiger partial charge is 0.489 e. The molecular weight excluding hydrogens is 466 g/mol. The molecule has 0 spiro atoms. The van der Waals surface area contributed by atoms with Crippen molar-refractivity contribution in [2.75, 3.05) is 11.9 Å². The molecule has 10 heteroatoms. The van der Waals surface area contributed by atoms with Gasteiger partial charge >= 0.3 is 12.1 Å². The molecule has 0 fully saturated rings. The van der Waals surface area contributed by atoms with Crippen molar-refractivity contribution in [3.63, 3.8) is 0 Å². The number of halogens is 5. The number of esters is 1. The molecule has 0 aliphatic heterocycles. The van der Waals surface area contributed by atoms with E-state index in [0.29, 0.717) is 11.3 Å². The molecule has 1 amide bonds. The van der Waals surface area contributed by atoms with Gasteiger partial charge in [-0.1, -0.05) is 35.9 Å². The summed E-state index contributed by atoms with van der Waals surface area (Å²) in [4.78, 5) is 24.3. The van der Waals surface area contributed by atoms with E-state index in [0.717, 1.165) is 12.1 Å². The highest BCUT2D eigenvalue weighted by molar-refractivity contribution is 6.34. The van der Waals surface area contributed by atoms with Gasteiger partial charge in [-0.25, -0.2) is 9.18 Å². The number of para-hydroxylation sites is 1. The van der Waals surface area contributed by atoms with Crippen LogP contribution in [0.15, 0.2) is 66.7 Å². The fourth-order valence-corrected chi connectivity index (χ4v) is 2.96. The predicted molar refractivity (Wildman–Crippen MR) is 113 cm³/mol. The molecule has 0 saturated carbocycles. The molecule has 0 aliphatic carbocycles. The van der Waals surface area contributed by atoms with Crippen molar-refractivity contribution < 1.29 is 36.6 Å². The summed E-state index contributed by atoms with van der Waals surface area (Å²) in [5, 5.41) is 1.72. The Bertz CT molecular complexity index is 1150. The molecule has 3 aromatic rings. The molecule has 3 aromatic carbocycles. The van der Waals surface area contributed by atoms with Gasteiger partial charge in [0.25, 0.3) is 5.91 Å². The van der Waals surface area contributed by atoms with Crippen LogP contribution >= 0.6 is 11.6 Å². The summed E-state index contributed by atoms with van der Waals surface area (Å²) < 4.78 is 62.7. The molecule has 0 saturated heterocycles. The van der Waals surface area contributed by atoms with E-state index in [1.54, 1.807) is 18.2 Å². The summed E-state index contributed by atoms with van der Waals surface area (Å²) in [5.41, 5.74) is -0.975. The van der Waals surface area contributed by atoms with Crippen molar-refractivity contribution >= 4 is 29.2 Å². The van der Waals surface area contributed by atoms with Crippen LogP contribution in [-0.4, -0.2) is 18.5 Å². The number of carbonyl (C=O) groups is 2. The Kier molecular flexibility index (Phi) is 7.55. The van der Waals surface area contributed by atoms with E-state index in [1.807, 2.05) is 5.32 Å². The van der Waals surface area contributed by atoms with Crippen molar-refractivity contribution in [3.05, 3.63) is 94.3 Å². The minimum atomic E-state index is -4.74. The molecule has 0 aromatic heterocycles. The van der Waals surface area contributed by atoms with Gasteiger partial charge in [-0.2, -0.15) is 13.2 Å². The van der Waals surface area contributed by atoms with E-state index >= 15 is 0 Å². The average molecular weight is 482 g/mol. The van der Waals surface area contributed by atoms with E-state index in [9.17, 15) is 27.2 Å². The first-order valence-electron chi connectivity index (χ1n) is 9.43. The Hall–Kier alpha value is -3.59. The average Bonchev–Trinajstić information content (AvgIpc) is 2.78. The Labute approximate surface area is 190 Å². The highest BCUT2D eigenvalue weighted by atomic mass is 35.5. The topological polar surface area (TPSA) is 64.6 Å². The third-order valence-electron chi connectivity index (χ3n) is 4.31. The standard InChI is InChI=1S/C23H16ClF4NO4/c24-19-6-2-5-18(23(26,27)28)21(19)29-20(30)13-33-22(31)15-3-1-4-17(11-15)32-12-14-7-9-16(25)10-8-14/h1-11H,12-13H2,(H,29,30). The Morgan fingerprint density at radius 2 is 1.67 bits per heavy atom. The first kappa shape index (κ1) is 24.1. The van der Waals surface area contributed by atoms with Crippen LogP contribution < -0.4 is 10.1 Å². The first-order chi connectivity index (χ1) is 15.6. The molecule has 1 N–H and O–H groups in total. The monoisotopic (exact) mass is 481 g/mol. The second-order valence-electron chi connectivity index (χ2n) is 6.73. The van der Waals surface area contributed by atoms with Gasteiger partial charge in [0.05, 0.1) is 21.8 Å². The van der Waals surface area contributed by atoms with Crippen molar-refractivity contribution in [3.8, 4) is 5.75 Å². The third-order valence-corrected chi connectivity index (χ3v) is 4.62. The Balaban J connectivity index is 1.58. The first-order valence-corrected chi connectivity index (χ1v) is 9.81. The van der Waals surface area contributed by atoms with Crippen LogP contribution in [0.4, 0.5) is 23.2 Å². The Morgan fingerprint density at radius 1 is 0.970 bits per heavy atom. The van der Waals surface area contributed by atoms with Gasteiger partial charge < -0.3 is 14.8 Å². The van der Waals surface area contributed by atoms with Gasteiger partial charge in [0, 0.05) is 0 Å². The molecule has 0 atom stereocenters. The summed E-state index contributed by atoms with van der Waals surface area (Å²) in [5.74, 6) is -1.93. The number of carbonyl (C=O) groups excluding carboxylic acids is 2. The quantitative estimate of drug-likeness (QED) is 0.338. The lowest BCUT2D eigenvalue weighted by molar-refractivity contribution is -0.137. The van der Waals surface area contributed by atoms with Gasteiger partial charge in [-0.15, -0.1) is 0 Å². The third kappa shape index (κ3) is 6.69. The van der Waals surface area contributed by atoms with Gasteiger partial charge in [0.15, 0.2) is 6.61 Å². The maximum atomic E-state index is 13.1. The predicted octanol–water partition coefficient (Wildman–Crippen LogP) is 5.87. The van der Waals surface area contributed by atoms with E-state index in [1.165, 1.54) is 36.4 Å². The maximum Gasteiger partial charge on any atom is 0.418 e. The number of ether oxygens (including phenoxy) is 2. The van der Waals surface area contributed by atoms with E-state index in [2.05, 4.69) is 0 Å². The second kappa shape index (κ2) is 10.4. The normalized spacial score (nSPS) is 11.1. The summed E-state index contributed by atoms with van der Waals surface area (Å²) in [6.45, 7) is -0.706. The van der Waals surface area contributed by atoms with E-state index < -0.39 is 35.9 Å². The van der Waals surface area contributed by atoms with Crippen LogP contribution in [0.5, 0.6) is 5.75 Å². The number of benzene rings is 3. The molecule has 0 bridgehead atoms. The zero-order valence-corrected chi connectivity index (χ0v) is 17.5. The van der Waals surface area contributed by atoms with Crippen LogP contribution in [0.2, 0.25) is 5.02 Å². The number of alkyl halides is 3. The lowest BCUT2D eigenvalue weighted by atomic mass is 10.1. The van der Waals surface area contributed by atoms with Crippen LogP contribution in [0.3, 0.4) is 0 Å². The van der Waals surface area contributed by atoms with Gasteiger partial charge in [-0.3, -0.25) is 4.79 Å².